The lowest BCUT2D eigenvalue weighted by Gasteiger charge is -2.01. The summed E-state index contributed by atoms with van der Waals surface area (Å²) in [6, 6.07) is 13.3. The van der Waals surface area contributed by atoms with Crippen molar-refractivity contribution in [1.29, 1.82) is 0 Å². The second-order valence-electron chi connectivity index (χ2n) is 4.80. The molecule has 24 heavy (non-hydrogen) atoms. The molecule has 8 heteroatoms. The fourth-order valence-corrected chi connectivity index (χ4v) is 1.99. The summed E-state index contributed by atoms with van der Waals surface area (Å²) >= 11 is 0. The van der Waals surface area contributed by atoms with Crippen molar-refractivity contribution in [2.45, 2.75) is 0 Å². The van der Waals surface area contributed by atoms with E-state index >= 15 is 0 Å². The van der Waals surface area contributed by atoms with Gasteiger partial charge in [-0.25, -0.2) is 5.48 Å². The van der Waals surface area contributed by atoms with Gasteiger partial charge in [-0.05, 0) is 48.5 Å². The molecule has 0 aliphatic carbocycles. The number of aldehydes is 1. The number of aromatic nitrogens is 2. The second-order valence-corrected chi connectivity index (χ2v) is 4.80. The summed E-state index contributed by atoms with van der Waals surface area (Å²) in [5.74, 6) is -0.328. The van der Waals surface area contributed by atoms with E-state index in [9.17, 15) is 9.59 Å². The van der Waals surface area contributed by atoms with Crippen molar-refractivity contribution in [3.63, 3.8) is 0 Å². The van der Waals surface area contributed by atoms with Gasteiger partial charge < -0.3 is 9.73 Å². The molecule has 3 rings (SSSR count). The Morgan fingerprint density at radius 2 is 1.75 bits per heavy atom. The zero-order valence-corrected chi connectivity index (χ0v) is 12.3. The number of amides is 1. The van der Waals surface area contributed by atoms with Crippen LogP contribution in [0.4, 0.5) is 11.7 Å². The Morgan fingerprint density at radius 3 is 2.38 bits per heavy atom. The number of nitrogens with zero attached hydrogens (tertiary/aromatic N) is 2. The molecular weight excluding hydrogens is 312 g/mol. The summed E-state index contributed by atoms with van der Waals surface area (Å²) in [5.41, 5.74) is 3.75. The lowest BCUT2D eigenvalue weighted by molar-refractivity contribution is 0.0706. The van der Waals surface area contributed by atoms with Gasteiger partial charge in [0.05, 0.1) is 0 Å². The summed E-state index contributed by atoms with van der Waals surface area (Å²) in [6.45, 7) is 0. The number of carbonyl (C=O) groups is 2. The van der Waals surface area contributed by atoms with Gasteiger partial charge in [-0.15, -0.1) is 5.10 Å². The number of benzene rings is 2. The van der Waals surface area contributed by atoms with Crippen molar-refractivity contribution in [3.05, 3.63) is 59.7 Å². The van der Waals surface area contributed by atoms with Crippen LogP contribution in [0, 0.1) is 0 Å². The third-order valence-corrected chi connectivity index (χ3v) is 3.22. The van der Waals surface area contributed by atoms with E-state index in [1.54, 1.807) is 41.9 Å². The Hall–Kier alpha value is -3.52. The van der Waals surface area contributed by atoms with Crippen LogP contribution in [0.1, 0.15) is 20.7 Å². The lowest BCUT2D eigenvalue weighted by atomic mass is 10.1. The van der Waals surface area contributed by atoms with Crippen LogP contribution in [0.3, 0.4) is 0 Å². The van der Waals surface area contributed by atoms with Gasteiger partial charge in [0.2, 0.25) is 5.89 Å². The Kier molecular flexibility index (Phi) is 4.30. The second kappa shape index (κ2) is 6.71. The first-order chi connectivity index (χ1) is 11.7. The molecule has 0 spiro atoms. The molecule has 0 aliphatic rings. The quantitative estimate of drug-likeness (QED) is 0.375. The molecule has 8 nitrogen and oxygen atoms in total. The van der Waals surface area contributed by atoms with Crippen molar-refractivity contribution in [3.8, 4) is 11.5 Å². The van der Waals surface area contributed by atoms with Crippen LogP contribution < -0.4 is 10.8 Å². The predicted molar refractivity (Wildman–Crippen MR) is 84.1 cm³/mol. The molecule has 3 aromatic rings. The molecule has 0 saturated heterocycles. The van der Waals surface area contributed by atoms with Crippen molar-refractivity contribution in [1.82, 2.24) is 15.7 Å². The third kappa shape index (κ3) is 3.28. The molecule has 120 valence electrons. The Labute approximate surface area is 136 Å². The standard InChI is InChI=1S/C16H12N4O4/c21-9-10-1-7-13(8-2-10)17-16-19-18-15(24-16)12-5-3-11(4-6-12)14(22)20-23/h1-9,23H,(H,17,19)(H,20,22). The van der Waals surface area contributed by atoms with Gasteiger partial charge in [0.1, 0.15) is 6.29 Å². The number of hydrogen-bond acceptors (Lipinski definition) is 7. The number of hydrogen-bond donors (Lipinski definition) is 3. The van der Waals surface area contributed by atoms with E-state index in [-0.39, 0.29) is 11.9 Å². The van der Waals surface area contributed by atoms with Crippen molar-refractivity contribution in [2.24, 2.45) is 0 Å². The summed E-state index contributed by atoms with van der Waals surface area (Å²) in [4.78, 5) is 21.9. The highest BCUT2D eigenvalue weighted by molar-refractivity contribution is 5.93. The maximum atomic E-state index is 11.3. The van der Waals surface area contributed by atoms with Crippen LogP contribution in [0.15, 0.2) is 52.9 Å². The Morgan fingerprint density at radius 1 is 1.04 bits per heavy atom. The fourth-order valence-electron chi connectivity index (χ4n) is 1.99. The lowest BCUT2D eigenvalue weighted by Crippen LogP contribution is -2.18. The van der Waals surface area contributed by atoms with Crippen LogP contribution in [0.2, 0.25) is 0 Å². The molecule has 0 aliphatic heterocycles. The maximum absolute atomic E-state index is 11.3. The summed E-state index contributed by atoms with van der Waals surface area (Å²) in [5, 5.41) is 19.3. The first-order valence-corrected chi connectivity index (χ1v) is 6.90. The molecule has 1 heterocycles. The van der Waals surface area contributed by atoms with E-state index in [0.717, 1.165) is 6.29 Å². The number of hydroxylamine groups is 1. The number of carbonyl (C=O) groups excluding carboxylic acids is 2. The summed E-state index contributed by atoms with van der Waals surface area (Å²) in [7, 11) is 0. The van der Waals surface area contributed by atoms with Crippen molar-refractivity contribution in [2.75, 3.05) is 5.32 Å². The highest BCUT2D eigenvalue weighted by Gasteiger charge is 2.10. The predicted octanol–water partition coefficient (Wildman–Crippen LogP) is 2.41. The van der Waals surface area contributed by atoms with Crippen LogP contribution in [-0.2, 0) is 0 Å². The normalized spacial score (nSPS) is 10.2. The minimum atomic E-state index is -0.604. The van der Waals surface area contributed by atoms with Gasteiger partial charge in [-0.2, -0.15) is 0 Å². The minimum Gasteiger partial charge on any atom is -0.403 e. The molecule has 0 saturated carbocycles. The van der Waals surface area contributed by atoms with Crippen LogP contribution in [0.5, 0.6) is 0 Å². The largest absolute Gasteiger partial charge is 0.403 e. The maximum Gasteiger partial charge on any atom is 0.320 e. The molecule has 1 amide bonds. The Balaban J connectivity index is 1.74. The topological polar surface area (TPSA) is 117 Å². The van der Waals surface area contributed by atoms with E-state index in [1.807, 2.05) is 0 Å². The van der Waals surface area contributed by atoms with E-state index in [2.05, 4.69) is 15.5 Å². The van der Waals surface area contributed by atoms with Crippen molar-refractivity contribution >= 4 is 23.9 Å². The molecule has 0 fully saturated rings. The number of nitrogens with one attached hydrogen (secondary N) is 2. The molecule has 0 radical (unpaired) electrons. The summed E-state index contributed by atoms with van der Waals surface area (Å²) < 4.78 is 5.50. The zero-order chi connectivity index (χ0) is 16.9. The molecule has 2 aromatic carbocycles. The molecular formula is C16H12N4O4. The van der Waals surface area contributed by atoms with Crippen LogP contribution in [-0.4, -0.2) is 27.6 Å². The SMILES string of the molecule is O=Cc1ccc(Nc2nnc(-c3ccc(C(=O)NO)cc3)o2)cc1. The van der Waals surface area contributed by atoms with E-state index in [0.29, 0.717) is 22.4 Å². The first kappa shape index (κ1) is 15.4. The highest BCUT2D eigenvalue weighted by atomic mass is 16.5. The molecule has 0 unspecified atom stereocenters. The van der Waals surface area contributed by atoms with Crippen LogP contribution >= 0.6 is 0 Å². The minimum absolute atomic E-state index is 0.195. The van der Waals surface area contributed by atoms with E-state index in [1.165, 1.54) is 12.1 Å². The zero-order valence-electron chi connectivity index (χ0n) is 12.3. The highest BCUT2D eigenvalue weighted by Crippen LogP contribution is 2.22. The number of anilines is 2. The molecule has 3 N–H and O–H groups in total. The van der Waals surface area contributed by atoms with Gasteiger partial charge in [-0.1, -0.05) is 5.10 Å². The van der Waals surface area contributed by atoms with E-state index < -0.39 is 5.91 Å². The van der Waals surface area contributed by atoms with Crippen molar-refractivity contribution < 1.29 is 19.2 Å². The van der Waals surface area contributed by atoms with Gasteiger partial charge in [0.15, 0.2) is 0 Å². The van der Waals surface area contributed by atoms with E-state index in [4.69, 9.17) is 9.62 Å². The van der Waals surface area contributed by atoms with Gasteiger partial charge in [0, 0.05) is 22.4 Å². The average molecular weight is 324 g/mol. The van der Waals surface area contributed by atoms with Gasteiger partial charge >= 0.3 is 6.01 Å². The third-order valence-electron chi connectivity index (χ3n) is 3.22. The first-order valence-electron chi connectivity index (χ1n) is 6.90. The summed E-state index contributed by atoms with van der Waals surface area (Å²) in [6.07, 6.45) is 0.759. The molecule has 0 bridgehead atoms. The van der Waals surface area contributed by atoms with Crippen LogP contribution in [0.25, 0.3) is 11.5 Å². The Bertz CT molecular complexity index is 857. The van der Waals surface area contributed by atoms with Gasteiger partial charge in [-0.3, -0.25) is 14.8 Å². The molecule has 0 atom stereocenters. The average Bonchev–Trinajstić information content (AvgIpc) is 3.10. The smallest absolute Gasteiger partial charge is 0.320 e. The molecule has 1 aromatic heterocycles. The monoisotopic (exact) mass is 324 g/mol. The van der Waals surface area contributed by atoms with Gasteiger partial charge in [0.25, 0.3) is 5.91 Å². The fraction of sp³-hybridized carbons (Fsp3) is 0. The number of rotatable bonds is 5.